The van der Waals surface area contributed by atoms with Crippen LogP contribution >= 0.6 is 0 Å². The molecule has 6 heteroatoms. The summed E-state index contributed by atoms with van der Waals surface area (Å²) >= 11 is 0. The lowest BCUT2D eigenvalue weighted by molar-refractivity contribution is -0.124. The van der Waals surface area contributed by atoms with Crippen LogP contribution in [0.5, 0.6) is 0 Å². The number of hydrogen-bond donors (Lipinski definition) is 3. The Kier molecular flexibility index (Phi) is 5.30. The molecule has 0 spiro atoms. The fourth-order valence-electron chi connectivity index (χ4n) is 2.56. The SMILES string of the molecule is NC(=O)CN1CCC(NC(=O)[C@H](N)c2ccccc2)CC1. The van der Waals surface area contributed by atoms with Crippen molar-refractivity contribution in [1.29, 1.82) is 0 Å². The van der Waals surface area contributed by atoms with E-state index in [1.807, 2.05) is 35.2 Å². The van der Waals surface area contributed by atoms with Crippen molar-refractivity contribution < 1.29 is 9.59 Å². The fraction of sp³-hybridized carbons (Fsp3) is 0.467. The number of nitrogens with two attached hydrogens (primary N) is 2. The third-order valence-electron chi connectivity index (χ3n) is 3.75. The van der Waals surface area contributed by atoms with Crippen LogP contribution in [0.2, 0.25) is 0 Å². The topological polar surface area (TPSA) is 101 Å². The first-order valence-corrected chi connectivity index (χ1v) is 7.18. The van der Waals surface area contributed by atoms with Gasteiger partial charge in [-0.25, -0.2) is 0 Å². The Balaban J connectivity index is 1.80. The van der Waals surface area contributed by atoms with Gasteiger partial charge in [-0.3, -0.25) is 14.5 Å². The summed E-state index contributed by atoms with van der Waals surface area (Å²) in [6.45, 7) is 1.80. The second kappa shape index (κ2) is 7.19. The monoisotopic (exact) mass is 290 g/mol. The average Bonchev–Trinajstić information content (AvgIpc) is 2.49. The first kappa shape index (κ1) is 15.5. The lowest BCUT2D eigenvalue weighted by Crippen LogP contribution is -2.48. The van der Waals surface area contributed by atoms with Gasteiger partial charge < -0.3 is 16.8 Å². The third kappa shape index (κ3) is 4.54. The lowest BCUT2D eigenvalue weighted by Gasteiger charge is -2.32. The van der Waals surface area contributed by atoms with Gasteiger partial charge in [0.1, 0.15) is 6.04 Å². The normalized spacial score (nSPS) is 18.1. The van der Waals surface area contributed by atoms with Gasteiger partial charge in [-0.2, -0.15) is 0 Å². The van der Waals surface area contributed by atoms with E-state index >= 15 is 0 Å². The van der Waals surface area contributed by atoms with Crippen molar-refractivity contribution in [2.24, 2.45) is 11.5 Å². The molecule has 0 bridgehead atoms. The zero-order chi connectivity index (χ0) is 15.2. The molecule has 1 aliphatic rings. The summed E-state index contributed by atoms with van der Waals surface area (Å²) < 4.78 is 0. The molecule has 0 unspecified atom stereocenters. The van der Waals surface area contributed by atoms with E-state index in [0.29, 0.717) is 0 Å². The zero-order valence-electron chi connectivity index (χ0n) is 12.0. The van der Waals surface area contributed by atoms with Gasteiger partial charge in [0.05, 0.1) is 6.54 Å². The van der Waals surface area contributed by atoms with Crippen LogP contribution in [0.1, 0.15) is 24.4 Å². The lowest BCUT2D eigenvalue weighted by atomic mass is 10.0. The standard InChI is InChI=1S/C15H22N4O2/c16-13(20)10-19-8-6-12(7-9-19)18-15(21)14(17)11-4-2-1-3-5-11/h1-5,12,14H,6-10,17H2,(H2,16,20)(H,18,21)/t14-/m1/s1. The van der Waals surface area contributed by atoms with E-state index in [9.17, 15) is 9.59 Å². The first-order valence-electron chi connectivity index (χ1n) is 7.18. The summed E-state index contributed by atoms with van der Waals surface area (Å²) in [7, 11) is 0. The van der Waals surface area contributed by atoms with Crippen molar-refractivity contribution in [2.75, 3.05) is 19.6 Å². The van der Waals surface area contributed by atoms with Crippen LogP contribution < -0.4 is 16.8 Å². The number of primary amides is 1. The molecule has 0 aliphatic carbocycles. The molecule has 1 atom stereocenters. The molecule has 114 valence electrons. The summed E-state index contributed by atoms with van der Waals surface area (Å²) in [5.41, 5.74) is 11.9. The molecule has 0 radical (unpaired) electrons. The highest BCUT2D eigenvalue weighted by Gasteiger charge is 2.24. The predicted octanol–water partition coefficient (Wildman–Crippen LogP) is -0.248. The number of carbonyl (C=O) groups is 2. The van der Waals surface area contributed by atoms with E-state index in [2.05, 4.69) is 5.32 Å². The second-order valence-corrected chi connectivity index (χ2v) is 5.41. The smallest absolute Gasteiger partial charge is 0.241 e. The van der Waals surface area contributed by atoms with Crippen LogP contribution in [0.3, 0.4) is 0 Å². The fourth-order valence-corrected chi connectivity index (χ4v) is 2.56. The Hall–Kier alpha value is -1.92. The van der Waals surface area contributed by atoms with Gasteiger partial charge in [-0.15, -0.1) is 0 Å². The van der Waals surface area contributed by atoms with Gasteiger partial charge in [-0.05, 0) is 18.4 Å². The Bertz CT molecular complexity index is 484. The minimum Gasteiger partial charge on any atom is -0.369 e. The maximum Gasteiger partial charge on any atom is 0.241 e. The summed E-state index contributed by atoms with van der Waals surface area (Å²) in [5.74, 6) is -0.474. The van der Waals surface area contributed by atoms with Crippen molar-refractivity contribution in [1.82, 2.24) is 10.2 Å². The minimum atomic E-state index is -0.644. The number of likely N-dealkylation sites (tertiary alicyclic amines) is 1. The van der Waals surface area contributed by atoms with Gasteiger partial charge >= 0.3 is 0 Å². The van der Waals surface area contributed by atoms with Crippen LogP contribution in [-0.4, -0.2) is 42.4 Å². The van der Waals surface area contributed by atoms with Crippen molar-refractivity contribution in [3.8, 4) is 0 Å². The van der Waals surface area contributed by atoms with E-state index in [1.165, 1.54) is 0 Å². The largest absolute Gasteiger partial charge is 0.369 e. The van der Waals surface area contributed by atoms with E-state index < -0.39 is 6.04 Å². The molecule has 5 N–H and O–H groups in total. The molecule has 2 amide bonds. The van der Waals surface area contributed by atoms with Crippen LogP contribution in [0.4, 0.5) is 0 Å². The Morgan fingerprint density at radius 2 is 1.86 bits per heavy atom. The molecular weight excluding hydrogens is 268 g/mol. The molecule has 2 rings (SSSR count). The highest BCUT2D eigenvalue weighted by molar-refractivity contribution is 5.83. The minimum absolute atomic E-state index is 0.108. The van der Waals surface area contributed by atoms with Crippen LogP contribution in [0.15, 0.2) is 30.3 Å². The van der Waals surface area contributed by atoms with Gasteiger partial charge in [0, 0.05) is 19.1 Å². The molecule has 0 aromatic heterocycles. The third-order valence-corrected chi connectivity index (χ3v) is 3.75. The van der Waals surface area contributed by atoms with Crippen molar-refractivity contribution >= 4 is 11.8 Å². The summed E-state index contributed by atoms with van der Waals surface area (Å²) in [6, 6.07) is 8.78. The summed E-state index contributed by atoms with van der Waals surface area (Å²) in [4.78, 5) is 25.0. The molecule has 1 aromatic carbocycles. The van der Waals surface area contributed by atoms with Crippen molar-refractivity contribution in [3.05, 3.63) is 35.9 Å². The van der Waals surface area contributed by atoms with Gasteiger partial charge in [0.25, 0.3) is 0 Å². The van der Waals surface area contributed by atoms with Crippen LogP contribution in [0, 0.1) is 0 Å². The van der Waals surface area contributed by atoms with Crippen molar-refractivity contribution in [3.63, 3.8) is 0 Å². The molecule has 1 fully saturated rings. The predicted molar refractivity (Wildman–Crippen MR) is 80.2 cm³/mol. The average molecular weight is 290 g/mol. The van der Waals surface area contributed by atoms with Crippen molar-refractivity contribution in [2.45, 2.75) is 24.9 Å². The molecule has 1 saturated heterocycles. The van der Waals surface area contributed by atoms with Crippen LogP contribution in [0.25, 0.3) is 0 Å². The molecule has 6 nitrogen and oxygen atoms in total. The number of nitrogens with zero attached hydrogens (tertiary/aromatic N) is 1. The van der Waals surface area contributed by atoms with Gasteiger partial charge in [0.2, 0.25) is 11.8 Å². The van der Waals surface area contributed by atoms with Gasteiger partial charge in [0.15, 0.2) is 0 Å². The Labute approximate surface area is 124 Å². The maximum atomic E-state index is 12.1. The number of nitrogens with one attached hydrogen (secondary N) is 1. The molecule has 1 aromatic rings. The number of benzene rings is 1. The quantitative estimate of drug-likeness (QED) is 0.696. The summed E-state index contributed by atoms with van der Waals surface area (Å²) in [6.07, 6.45) is 1.61. The molecule has 1 aliphatic heterocycles. The summed E-state index contributed by atoms with van der Waals surface area (Å²) in [5, 5.41) is 2.98. The van der Waals surface area contributed by atoms with E-state index in [0.717, 1.165) is 31.5 Å². The molecule has 21 heavy (non-hydrogen) atoms. The van der Waals surface area contributed by atoms with Gasteiger partial charge in [-0.1, -0.05) is 30.3 Å². The van der Waals surface area contributed by atoms with E-state index in [4.69, 9.17) is 11.5 Å². The molecular formula is C15H22N4O2. The molecule has 1 heterocycles. The van der Waals surface area contributed by atoms with Crippen LogP contribution in [-0.2, 0) is 9.59 Å². The number of amides is 2. The first-order chi connectivity index (χ1) is 10.1. The number of rotatable bonds is 5. The number of carbonyl (C=O) groups excluding carboxylic acids is 2. The highest BCUT2D eigenvalue weighted by Crippen LogP contribution is 2.13. The molecule has 0 saturated carbocycles. The highest BCUT2D eigenvalue weighted by atomic mass is 16.2. The Morgan fingerprint density at radius 1 is 1.24 bits per heavy atom. The van der Waals surface area contributed by atoms with E-state index in [1.54, 1.807) is 0 Å². The number of piperidine rings is 1. The Morgan fingerprint density at radius 3 is 2.43 bits per heavy atom. The van der Waals surface area contributed by atoms with E-state index in [-0.39, 0.29) is 24.4 Å². The second-order valence-electron chi connectivity index (χ2n) is 5.41. The maximum absolute atomic E-state index is 12.1. The number of hydrogen-bond acceptors (Lipinski definition) is 4. The zero-order valence-corrected chi connectivity index (χ0v) is 12.0.